The van der Waals surface area contributed by atoms with Gasteiger partial charge in [0.2, 0.25) is 5.95 Å². The van der Waals surface area contributed by atoms with Crippen LogP contribution in [-0.4, -0.2) is 29.2 Å². The Hall–Kier alpha value is -2.15. The molecule has 1 N–H and O–H groups in total. The minimum absolute atomic E-state index is 0.0499. The molecule has 22 heavy (non-hydrogen) atoms. The van der Waals surface area contributed by atoms with E-state index in [1.54, 1.807) is 12.3 Å². The molecule has 0 unspecified atom stereocenters. The number of benzene rings is 1. The summed E-state index contributed by atoms with van der Waals surface area (Å²) < 4.78 is 5.96. The van der Waals surface area contributed by atoms with Crippen LogP contribution in [0.15, 0.2) is 41.0 Å². The molecule has 2 aromatic rings. The van der Waals surface area contributed by atoms with E-state index in [2.05, 4.69) is 31.2 Å². The summed E-state index contributed by atoms with van der Waals surface area (Å²) in [5, 5.41) is 3.24. The topological polar surface area (TPSA) is 67.3 Å². The summed E-state index contributed by atoms with van der Waals surface area (Å²) >= 11 is 3.42. The third-order valence-electron chi connectivity index (χ3n) is 3.39. The zero-order valence-electron chi connectivity index (χ0n) is 12.0. The molecular weight excluding hydrogens is 348 g/mol. The summed E-state index contributed by atoms with van der Waals surface area (Å²) in [6.07, 6.45) is 1.26. The third kappa shape index (κ3) is 3.19. The monoisotopic (exact) mass is 362 g/mol. The van der Waals surface area contributed by atoms with Crippen molar-refractivity contribution in [3.8, 4) is 0 Å². The molecular formula is C15H15BrN4O2. The molecule has 6 nitrogen and oxygen atoms in total. The number of hydrogen-bond donors (Lipinski definition) is 1. The Morgan fingerprint density at radius 1 is 1.32 bits per heavy atom. The molecule has 1 saturated heterocycles. The third-order valence-corrected chi connectivity index (χ3v) is 3.92. The van der Waals surface area contributed by atoms with E-state index in [0.29, 0.717) is 24.9 Å². The quantitative estimate of drug-likeness (QED) is 0.902. The van der Waals surface area contributed by atoms with Gasteiger partial charge in [-0.3, -0.25) is 4.90 Å². The predicted octanol–water partition coefficient (Wildman–Crippen LogP) is 3.37. The van der Waals surface area contributed by atoms with Gasteiger partial charge in [0.15, 0.2) is 0 Å². The number of carbonyl (C=O) groups excluding carboxylic acids is 1. The Bertz CT molecular complexity index is 677. The second-order valence-corrected chi connectivity index (χ2v) is 5.84. The second kappa shape index (κ2) is 6.31. The van der Waals surface area contributed by atoms with Crippen molar-refractivity contribution in [1.82, 2.24) is 9.97 Å². The first-order valence-corrected chi connectivity index (χ1v) is 7.72. The lowest BCUT2D eigenvalue weighted by Crippen LogP contribution is -2.25. The maximum absolute atomic E-state index is 11.6. The normalized spacial score (nSPS) is 15.5. The van der Waals surface area contributed by atoms with Gasteiger partial charge in [0.05, 0.1) is 12.6 Å². The minimum atomic E-state index is -0.370. The van der Waals surface area contributed by atoms with Gasteiger partial charge < -0.3 is 10.1 Å². The molecule has 0 bridgehead atoms. The van der Waals surface area contributed by atoms with Crippen molar-refractivity contribution in [2.75, 3.05) is 23.4 Å². The van der Waals surface area contributed by atoms with Crippen LogP contribution in [0.5, 0.6) is 0 Å². The number of halogens is 1. The lowest BCUT2D eigenvalue weighted by molar-refractivity contribution is 0.181. The van der Waals surface area contributed by atoms with Gasteiger partial charge in [-0.15, -0.1) is 0 Å². The van der Waals surface area contributed by atoms with E-state index >= 15 is 0 Å². The number of nitrogens with one attached hydrogen (secondary N) is 1. The minimum Gasteiger partial charge on any atom is -0.447 e. The molecule has 114 valence electrons. The number of hydrogen-bond acceptors (Lipinski definition) is 5. The second-order valence-electron chi connectivity index (χ2n) is 4.92. The van der Waals surface area contributed by atoms with Crippen LogP contribution in [0.25, 0.3) is 0 Å². The van der Waals surface area contributed by atoms with Gasteiger partial charge >= 0.3 is 6.09 Å². The standard InChI is InChI=1S/C15H15BrN4O2/c1-10(11-2-4-12(16)5-3-11)18-14-17-7-6-13(19-14)20-8-9-22-15(20)21/h2-7,10H,8-9H2,1H3,(H,17,18,19)/t10-/m0/s1. The van der Waals surface area contributed by atoms with Crippen molar-refractivity contribution in [3.05, 3.63) is 46.6 Å². The Labute approximate surface area is 136 Å². The van der Waals surface area contributed by atoms with Crippen LogP contribution in [0.4, 0.5) is 16.6 Å². The summed E-state index contributed by atoms with van der Waals surface area (Å²) in [5.74, 6) is 1.02. The van der Waals surface area contributed by atoms with E-state index in [-0.39, 0.29) is 12.1 Å². The van der Waals surface area contributed by atoms with Crippen molar-refractivity contribution in [1.29, 1.82) is 0 Å². The molecule has 1 atom stereocenters. The molecule has 0 aliphatic carbocycles. The van der Waals surface area contributed by atoms with Crippen molar-refractivity contribution in [3.63, 3.8) is 0 Å². The Morgan fingerprint density at radius 2 is 2.09 bits per heavy atom. The average molecular weight is 363 g/mol. The molecule has 1 aromatic carbocycles. The van der Waals surface area contributed by atoms with Crippen molar-refractivity contribution < 1.29 is 9.53 Å². The van der Waals surface area contributed by atoms with Crippen LogP contribution >= 0.6 is 15.9 Å². The molecule has 1 amide bonds. The fourth-order valence-corrected chi connectivity index (χ4v) is 2.46. The number of nitrogens with zero attached hydrogens (tertiary/aromatic N) is 3. The van der Waals surface area contributed by atoms with Gasteiger partial charge in [-0.25, -0.2) is 9.78 Å². The van der Waals surface area contributed by atoms with Gasteiger partial charge in [-0.2, -0.15) is 4.98 Å². The average Bonchev–Trinajstić information content (AvgIpc) is 2.94. The van der Waals surface area contributed by atoms with Crippen LogP contribution in [0.3, 0.4) is 0 Å². The maximum atomic E-state index is 11.6. The Balaban J connectivity index is 1.75. The van der Waals surface area contributed by atoms with Gasteiger partial charge in [0.1, 0.15) is 12.4 Å². The SMILES string of the molecule is C[C@H](Nc1nccc(N2CCOC2=O)n1)c1ccc(Br)cc1. The number of cyclic esters (lactones) is 1. The predicted molar refractivity (Wildman–Crippen MR) is 86.9 cm³/mol. The zero-order chi connectivity index (χ0) is 15.5. The largest absolute Gasteiger partial charge is 0.447 e. The highest BCUT2D eigenvalue weighted by atomic mass is 79.9. The number of rotatable bonds is 4. The highest BCUT2D eigenvalue weighted by molar-refractivity contribution is 9.10. The van der Waals surface area contributed by atoms with Crippen LogP contribution in [0, 0.1) is 0 Å². The number of carbonyl (C=O) groups is 1. The lowest BCUT2D eigenvalue weighted by atomic mass is 10.1. The summed E-state index contributed by atoms with van der Waals surface area (Å²) in [6, 6.07) is 9.79. The van der Waals surface area contributed by atoms with E-state index in [1.807, 2.05) is 31.2 Å². The highest BCUT2D eigenvalue weighted by Gasteiger charge is 2.25. The number of anilines is 2. The fraction of sp³-hybridized carbons (Fsp3) is 0.267. The molecule has 1 aliphatic heterocycles. The van der Waals surface area contributed by atoms with Crippen LogP contribution in [0.2, 0.25) is 0 Å². The summed E-state index contributed by atoms with van der Waals surface area (Å²) in [4.78, 5) is 21.7. The molecule has 7 heteroatoms. The van der Waals surface area contributed by atoms with E-state index in [9.17, 15) is 4.79 Å². The van der Waals surface area contributed by atoms with E-state index in [0.717, 1.165) is 10.0 Å². The van der Waals surface area contributed by atoms with E-state index in [4.69, 9.17) is 4.74 Å². The lowest BCUT2D eigenvalue weighted by Gasteiger charge is -2.16. The summed E-state index contributed by atoms with van der Waals surface area (Å²) in [5.41, 5.74) is 1.12. The van der Waals surface area contributed by atoms with Gasteiger partial charge in [0.25, 0.3) is 0 Å². The molecule has 0 saturated carbocycles. The highest BCUT2D eigenvalue weighted by Crippen LogP contribution is 2.21. The number of ether oxygens (including phenoxy) is 1. The molecule has 1 aliphatic rings. The summed E-state index contributed by atoms with van der Waals surface area (Å²) in [7, 11) is 0. The van der Waals surface area contributed by atoms with Crippen molar-refractivity contribution in [2.45, 2.75) is 13.0 Å². The van der Waals surface area contributed by atoms with Crippen LogP contribution in [-0.2, 0) is 4.74 Å². The zero-order valence-corrected chi connectivity index (χ0v) is 13.6. The Kier molecular flexibility index (Phi) is 4.24. The molecule has 1 fully saturated rings. The maximum Gasteiger partial charge on any atom is 0.415 e. The Morgan fingerprint density at radius 3 is 2.77 bits per heavy atom. The van der Waals surface area contributed by atoms with E-state index in [1.165, 1.54) is 4.90 Å². The van der Waals surface area contributed by atoms with E-state index < -0.39 is 0 Å². The van der Waals surface area contributed by atoms with Crippen LogP contribution < -0.4 is 10.2 Å². The molecule has 0 radical (unpaired) electrons. The molecule has 1 aromatic heterocycles. The van der Waals surface area contributed by atoms with Gasteiger partial charge in [-0.05, 0) is 30.7 Å². The van der Waals surface area contributed by atoms with Crippen LogP contribution in [0.1, 0.15) is 18.5 Å². The summed E-state index contributed by atoms with van der Waals surface area (Å²) in [6.45, 7) is 2.93. The first-order chi connectivity index (χ1) is 10.6. The first-order valence-electron chi connectivity index (χ1n) is 6.93. The smallest absolute Gasteiger partial charge is 0.415 e. The van der Waals surface area contributed by atoms with Gasteiger partial charge in [0, 0.05) is 10.7 Å². The van der Waals surface area contributed by atoms with Crippen molar-refractivity contribution >= 4 is 33.8 Å². The first kappa shape index (κ1) is 14.8. The molecule has 2 heterocycles. The number of amides is 1. The molecule has 3 rings (SSSR count). The number of aromatic nitrogens is 2. The van der Waals surface area contributed by atoms with Gasteiger partial charge in [-0.1, -0.05) is 28.1 Å². The fourth-order valence-electron chi connectivity index (χ4n) is 2.20. The molecule has 0 spiro atoms. The van der Waals surface area contributed by atoms with Crippen molar-refractivity contribution in [2.24, 2.45) is 0 Å².